The Balaban J connectivity index is 1.87. The monoisotopic (exact) mass is 310 g/mol. The van der Waals surface area contributed by atoms with Crippen LogP contribution in [0.3, 0.4) is 0 Å². The van der Waals surface area contributed by atoms with Crippen LogP contribution in [0.4, 0.5) is 0 Å². The first kappa shape index (κ1) is 15.4. The fourth-order valence-electron chi connectivity index (χ4n) is 2.51. The second-order valence-corrected chi connectivity index (χ2v) is 5.27. The fraction of sp³-hybridized carbons (Fsp3) is 0.222. The van der Waals surface area contributed by atoms with Crippen LogP contribution in [0.5, 0.6) is 0 Å². The molecule has 1 amide bonds. The zero-order valence-electron chi connectivity index (χ0n) is 12.9. The van der Waals surface area contributed by atoms with Crippen LogP contribution in [0.1, 0.15) is 11.1 Å². The van der Waals surface area contributed by atoms with Gasteiger partial charge in [0.1, 0.15) is 0 Å². The fourth-order valence-corrected chi connectivity index (χ4v) is 2.51. The van der Waals surface area contributed by atoms with E-state index in [1.54, 1.807) is 6.21 Å². The van der Waals surface area contributed by atoms with Crippen LogP contribution >= 0.6 is 0 Å². The van der Waals surface area contributed by atoms with E-state index in [0.717, 1.165) is 11.1 Å². The van der Waals surface area contributed by atoms with Crippen LogP contribution in [-0.4, -0.2) is 37.6 Å². The van der Waals surface area contributed by atoms with Crippen molar-refractivity contribution in [3.63, 3.8) is 0 Å². The molecule has 1 aliphatic heterocycles. The lowest BCUT2D eigenvalue weighted by Gasteiger charge is -2.44. The predicted molar refractivity (Wildman–Crippen MR) is 86.8 cm³/mol. The Morgan fingerprint density at radius 1 is 1.13 bits per heavy atom. The molecule has 1 saturated heterocycles. The number of methoxy groups -OCH3 is 1. The number of β-lactam (4-membered cyclic amide) rings is 1. The SMILES string of the molecule is COCON1CC(N=Cc2ccccc2)(c2ccccc2)C1=O. The molecule has 0 aliphatic carbocycles. The van der Waals surface area contributed by atoms with Gasteiger partial charge in [-0.05, 0) is 11.1 Å². The van der Waals surface area contributed by atoms with E-state index < -0.39 is 5.54 Å². The lowest BCUT2D eigenvalue weighted by atomic mass is 9.83. The molecule has 1 heterocycles. The van der Waals surface area contributed by atoms with E-state index in [2.05, 4.69) is 4.99 Å². The first-order valence-corrected chi connectivity index (χ1v) is 7.36. The minimum atomic E-state index is -0.926. The lowest BCUT2D eigenvalue weighted by molar-refractivity contribution is -0.253. The minimum absolute atomic E-state index is 0.0407. The van der Waals surface area contributed by atoms with Gasteiger partial charge in [-0.1, -0.05) is 60.7 Å². The van der Waals surface area contributed by atoms with Gasteiger partial charge in [-0.3, -0.25) is 9.79 Å². The van der Waals surface area contributed by atoms with Crippen LogP contribution in [0.2, 0.25) is 0 Å². The van der Waals surface area contributed by atoms with Gasteiger partial charge in [-0.2, -0.15) is 0 Å². The van der Waals surface area contributed by atoms with Crippen molar-refractivity contribution in [1.29, 1.82) is 0 Å². The first-order valence-electron chi connectivity index (χ1n) is 7.36. The molecule has 0 bridgehead atoms. The molecule has 1 aliphatic rings. The maximum absolute atomic E-state index is 12.6. The van der Waals surface area contributed by atoms with Crippen molar-refractivity contribution in [3.05, 3.63) is 71.8 Å². The topological polar surface area (TPSA) is 51.1 Å². The Morgan fingerprint density at radius 3 is 2.39 bits per heavy atom. The minimum Gasteiger partial charge on any atom is -0.356 e. The molecule has 2 aromatic carbocycles. The molecule has 5 nitrogen and oxygen atoms in total. The number of hydrogen-bond acceptors (Lipinski definition) is 4. The number of carbonyl (C=O) groups excluding carboxylic acids is 1. The summed E-state index contributed by atoms with van der Waals surface area (Å²) in [6.07, 6.45) is 1.73. The lowest BCUT2D eigenvalue weighted by Crippen LogP contribution is -2.63. The molecule has 0 spiro atoms. The zero-order valence-corrected chi connectivity index (χ0v) is 12.9. The highest BCUT2D eigenvalue weighted by Gasteiger charge is 2.54. The second kappa shape index (κ2) is 6.73. The van der Waals surface area contributed by atoms with Crippen molar-refractivity contribution in [2.75, 3.05) is 20.4 Å². The van der Waals surface area contributed by atoms with E-state index in [4.69, 9.17) is 9.57 Å². The number of amides is 1. The second-order valence-electron chi connectivity index (χ2n) is 5.27. The molecule has 2 aromatic rings. The van der Waals surface area contributed by atoms with Gasteiger partial charge in [0.15, 0.2) is 12.3 Å². The molecule has 1 fully saturated rings. The van der Waals surface area contributed by atoms with E-state index in [9.17, 15) is 4.79 Å². The molecule has 3 rings (SSSR count). The Bertz CT molecular complexity index is 688. The number of carbonyl (C=O) groups is 1. The highest BCUT2D eigenvalue weighted by Crippen LogP contribution is 2.37. The van der Waals surface area contributed by atoms with E-state index in [1.165, 1.54) is 12.2 Å². The predicted octanol–water partition coefficient (Wildman–Crippen LogP) is 2.38. The Labute approximate surface area is 135 Å². The summed E-state index contributed by atoms with van der Waals surface area (Å²) in [4.78, 5) is 22.5. The largest absolute Gasteiger partial charge is 0.356 e. The Morgan fingerprint density at radius 2 is 1.78 bits per heavy atom. The van der Waals surface area contributed by atoms with E-state index in [0.29, 0.717) is 6.54 Å². The van der Waals surface area contributed by atoms with Crippen LogP contribution < -0.4 is 0 Å². The van der Waals surface area contributed by atoms with Gasteiger partial charge in [-0.15, -0.1) is 0 Å². The highest BCUT2D eigenvalue weighted by atomic mass is 16.8. The van der Waals surface area contributed by atoms with Crippen molar-refractivity contribution >= 4 is 12.1 Å². The van der Waals surface area contributed by atoms with Crippen molar-refractivity contribution in [1.82, 2.24) is 5.06 Å². The van der Waals surface area contributed by atoms with E-state index in [-0.39, 0.29) is 12.7 Å². The number of aliphatic imine (C=N–C) groups is 1. The van der Waals surface area contributed by atoms with Crippen molar-refractivity contribution < 1.29 is 14.4 Å². The molecule has 0 N–H and O–H groups in total. The van der Waals surface area contributed by atoms with Gasteiger partial charge in [-0.25, -0.2) is 9.90 Å². The third kappa shape index (κ3) is 3.02. The average Bonchev–Trinajstić information content (AvgIpc) is 2.62. The third-order valence-corrected chi connectivity index (χ3v) is 3.76. The Kier molecular flexibility index (Phi) is 4.50. The molecule has 1 unspecified atom stereocenters. The molecule has 0 aromatic heterocycles. The summed E-state index contributed by atoms with van der Waals surface area (Å²) in [6.45, 7) is 0.404. The van der Waals surface area contributed by atoms with Gasteiger partial charge in [0.2, 0.25) is 0 Å². The molecule has 5 heteroatoms. The van der Waals surface area contributed by atoms with Crippen LogP contribution in [0.15, 0.2) is 65.7 Å². The number of rotatable bonds is 6. The van der Waals surface area contributed by atoms with Gasteiger partial charge in [0.25, 0.3) is 5.91 Å². The van der Waals surface area contributed by atoms with Gasteiger partial charge in [0.05, 0.1) is 6.54 Å². The van der Waals surface area contributed by atoms with Crippen LogP contribution in [0, 0.1) is 0 Å². The zero-order chi connectivity index (χ0) is 16.1. The van der Waals surface area contributed by atoms with Gasteiger partial charge in [0, 0.05) is 13.3 Å². The summed E-state index contributed by atoms with van der Waals surface area (Å²) in [7, 11) is 1.52. The van der Waals surface area contributed by atoms with Crippen LogP contribution in [0.25, 0.3) is 0 Å². The number of hydrogen-bond donors (Lipinski definition) is 0. The number of nitrogens with zero attached hydrogens (tertiary/aromatic N) is 2. The molecule has 1 atom stereocenters. The smallest absolute Gasteiger partial charge is 0.280 e. The van der Waals surface area contributed by atoms with E-state index >= 15 is 0 Å². The molecule has 23 heavy (non-hydrogen) atoms. The molecular formula is C18H18N2O3. The quantitative estimate of drug-likeness (QED) is 0.467. The molecular weight excluding hydrogens is 292 g/mol. The van der Waals surface area contributed by atoms with Crippen molar-refractivity contribution in [2.24, 2.45) is 4.99 Å². The normalized spacial score (nSPS) is 20.7. The van der Waals surface area contributed by atoms with Crippen molar-refractivity contribution in [3.8, 4) is 0 Å². The number of benzene rings is 2. The number of ether oxygens (including phenoxy) is 1. The maximum atomic E-state index is 12.6. The molecule has 0 saturated carbocycles. The third-order valence-electron chi connectivity index (χ3n) is 3.76. The summed E-state index contributed by atoms with van der Waals surface area (Å²) < 4.78 is 4.85. The standard InChI is InChI=1S/C18H18N2O3/c1-22-14-23-20-13-18(17(20)21,16-10-6-3-7-11-16)19-12-15-8-4-2-5-9-15/h2-12H,13-14H2,1H3. The summed E-state index contributed by atoms with van der Waals surface area (Å²) in [5, 5.41) is 1.29. The highest BCUT2D eigenvalue weighted by molar-refractivity contribution is 5.95. The van der Waals surface area contributed by atoms with Crippen molar-refractivity contribution in [2.45, 2.75) is 5.54 Å². The summed E-state index contributed by atoms with van der Waals surface area (Å²) in [5.74, 6) is -0.187. The van der Waals surface area contributed by atoms with Gasteiger partial charge < -0.3 is 4.74 Å². The average molecular weight is 310 g/mol. The molecule has 0 radical (unpaired) electrons. The van der Waals surface area contributed by atoms with Gasteiger partial charge >= 0.3 is 0 Å². The van der Waals surface area contributed by atoms with Crippen LogP contribution in [-0.2, 0) is 19.9 Å². The first-order chi connectivity index (χ1) is 11.3. The Hall–Kier alpha value is -2.50. The summed E-state index contributed by atoms with van der Waals surface area (Å²) in [5.41, 5.74) is 0.881. The summed E-state index contributed by atoms with van der Waals surface area (Å²) in [6, 6.07) is 19.3. The summed E-state index contributed by atoms with van der Waals surface area (Å²) >= 11 is 0. The van der Waals surface area contributed by atoms with E-state index in [1.807, 2.05) is 60.7 Å². The number of hydroxylamine groups is 2. The molecule has 118 valence electrons. The maximum Gasteiger partial charge on any atom is 0.280 e.